The van der Waals surface area contributed by atoms with Gasteiger partial charge in [-0.3, -0.25) is 5.84 Å². The fourth-order valence-electron chi connectivity index (χ4n) is 1.35. The molecule has 0 saturated heterocycles. The van der Waals surface area contributed by atoms with Gasteiger partial charge in [-0.1, -0.05) is 18.2 Å². The predicted octanol–water partition coefficient (Wildman–Crippen LogP) is 1.43. The predicted molar refractivity (Wildman–Crippen MR) is 56.2 cm³/mol. The standard InChI is InChI=1S/C9H8N4O2/c10-12-8-5-6-3-1-2-4-7(6)11-9(8)13(14)15/h1-5,12H,10H2. The minimum atomic E-state index is -0.568. The van der Waals surface area contributed by atoms with Crippen molar-refractivity contribution in [2.24, 2.45) is 5.84 Å². The molecule has 0 aliphatic rings. The summed E-state index contributed by atoms with van der Waals surface area (Å²) >= 11 is 0. The Kier molecular flexibility index (Phi) is 2.18. The van der Waals surface area contributed by atoms with Gasteiger partial charge in [-0.2, -0.15) is 0 Å². The van der Waals surface area contributed by atoms with Gasteiger partial charge in [-0.05, 0) is 22.0 Å². The van der Waals surface area contributed by atoms with E-state index >= 15 is 0 Å². The number of hydrazine groups is 1. The Hall–Kier alpha value is -2.21. The van der Waals surface area contributed by atoms with E-state index in [2.05, 4.69) is 10.4 Å². The molecule has 0 aliphatic carbocycles. The molecule has 1 heterocycles. The van der Waals surface area contributed by atoms with Crippen LogP contribution in [0.25, 0.3) is 10.9 Å². The highest BCUT2D eigenvalue weighted by Crippen LogP contribution is 2.25. The quantitative estimate of drug-likeness (QED) is 0.438. The number of benzene rings is 1. The summed E-state index contributed by atoms with van der Waals surface area (Å²) in [6.45, 7) is 0. The molecule has 0 bridgehead atoms. The fourth-order valence-corrected chi connectivity index (χ4v) is 1.35. The molecular weight excluding hydrogens is 196 g/mol. The first-order valence-corrected chi connectivity index (χ1v) is 4.23. The molecule has 0 radical (unpaired) electrons. The van der Waals surface area contributed by atoms with Gasteiger partial charge in [-0.15, -0.1) is 0 Å². The van der Waals surface area contributed by atoms with E-state index < -0.39 is 4.92 Å². The molecule has 76 valence electrons. The Labute approximate surface area is 84.8 Å². The van der Waals surface area contributed by atoms with Crippen LogP contribution in [0.4, 0.5) is 11.5 Å². The van der Waals surface area contributed by atoms with E-state index in [9.17, 15) is 10.1 Å². The average molecular weight is 204 g/mol. The number of nitro groups is 1. The van der Waals surface area contributed by atoms with E-state index in [1.165, 1.54) is 0 Å². The van der Waals surface area contributed by atoms with Gasteiger partial charge in [0.25, 0.3) is 0 Å². The smallest absolute Gasteiger partial charge is 0.358 e. The van der Waals surface area contributed by atoms with E-state index in [0.29, 0.717) is 5.52 Å². The summed E-state index contributed by atoms with van der Waals surface area (Å²) in [7, 11) is 0. The molecular formula is C9H8N4O2. The van der Waals surface area contributed by atoms with Gasteiger partial charge in [0.15, 0.2) is 5.52 Å². The highest BCUT2D eigenvalue weighted by atomic mass is 16.6. The van der Waals surface area contributed by atoms with Crippen LogP contribution < -0.4 is 11.3 Å². The molecule has 1 aromatic carbocycles. The second-order valence-electron chi connectivity index (χ2n) is 2.95. The molecule has 15 heavy (non-hydrogen) atoms. The Morgan fingerprint density at radius 1 is 1.40 bits per heavy atom. The number of para-hydroxylation sites is 1. The van der Waals surface area contributed by atoms with Crippen molar-refractivity contribution in [3.8, 4) is 0 Å². The average Bonchev–Trinajstić information content (AvgIpc) is 2.27. The summed E-state index contributed by atoms with van der Waals surface area (Å²) in [5, 5.41) is 11.5. The number of pyridine rings is 1. The van der Waals surface area contributed by atoms with Crippen LogP contribution in [0, 0.1) is 10.1 Å². The third-order valence-electron chi connectivity index (χ3n) is 2.03. The van der Waals surface area contributed by atoms with Crippen molar-refractivity contribution in [1.29, 1.82) is 0 Å². The monoisotopic (exact) mass is 204 g/mol. The van der Waals surface area contributed by atoms with Crippen molar-refractivity contribution in [2.75, 3.05) is 5.43 Å². The first-order chi connectivity index (χ1) is 7.22. The van der Waals surface area contributed by atoms with Crippen molar-refractivity contribution < 1.29 is 4.92 Å². The minimum absolute atomic E-state index is 0.207. The fraction of sp³-hybridized carbons (Fsp3) is 0. The molecule has 6 heteroatoms. The van der Waals surface area contributed by atoms with Crippen LogP contribution >= 0.6 is 0 Å². The van der Waals surface area contributed by atoms with Crippen molar-refractivity contribution in [3.63, 3.8) is 0 Å². The van der Waals surface area contributed by atoms with Crippen LogP contribution in [0.1, 0.15) is 0 Å². The Bertz CT molecular complexity index is 527. The topological polar surface area (TPSA) is 94.1 Å². The van der Waals surface area contributed by atoms with E-state index in [1.807, 2.05) is 12.1 Å². The van der Waals surface area contributed by atoms with Crippen LogP contribution in [0.5, 0.6) is 0 Å². The third-order valence-corrected chi connectivity index (χ3v) is 2.03. The summed E-state index contributed by atoms with van der Waals surface area (Å²) in [5.74, 6) is 4.92. The molecule has 6 nitrogen and oxygen atoms in total. The summed E-state index contributed by atoms with van der Waals surface area (Å²) in [6, 6.07) is 8.72. The number of nitrogens with zero attached hydrogens (tertiary/aromatic N) is 2. The molecule has 0 amide bonds. The van der Waals surface area contributed by atoms with Crippen molar-refractivity contribution in [3.05, 3.63) is 40.4 Å². The first-order valence-electron chi connectivity index (χ1n) is 4.23. The number of nitrogens with two attached hydrogens (primary N) is 1. The lowest BCUT2D eigenvalue weighted by Crippen LogP contribution is -2.10. The maximum absolute atomic E-state index is 10.7. The number of rotatable bonds is 2. The molecule has 1 aromatic heterocycles. The first kappa shape index (κ1) is 9.35. The number of aromatic nitrogens is 1. The number of nitrogens with one attached hydrogen (secondary N) is 1. The molecule has 0 fully saturated rings. The summed E-state index contributed by atoms with van der Waals surface area (Å²) in [4.78, 5) is 14.0. The number of nitrogen functional groups attached to an aromatic ring is 1. The normalized spacial score (nSPS) is 10.2. The highest BCUT2D eigenvalue weighted by molar-refractivity contribution is 5.84. The lowest BCUT2D eigenvalue weighted by atomic mass is 10.2. The van der Waals surface area contributed by atoms with Crippen molar-refractivity contribution in [1.82, 2.24) is 4.98 Å². The van der Waals surface area contributed by atoms with Crippen LogP contribution in [-0.4, -0.2) is 9.91 Å². The second kappa shape index (κ2) is 3.50. The number of fused-ring (bicyclic) bond motifs is 1. The van der Waals surface area contributed by atoms with E-state index in [4.69, 9.17) is 5.84 Å². The largest absolute Gasteiger partial charge is 0.388 e. The zero-order valence-corrected chi connectivity index (χ0v) is 7.68. The van der Waals surface area contributed by atoms with Gasteiger partial charge in [0.05, 0.1) is 0 Å². The lowest BCUT2D eigenvalue weighted by molar-refractivity contribution is -0.388. The SMILES string of the molecule is NNc1cc2ccccc2nc1[N+](=O)[O-]. The number of anilines is 1. The highest BCUT2D eigenvalue weighted by Gasteiger charge is 2.16. The summed E-state index contributed by atoms with van der Waals surface area (Å²) < 4.78 is 0. The maximum Gasteiger partial charge on any atom is 0.388 e. The van der Waals surface area contributed by atoms with Crippen molar-refractivity contribution >= 4 is 22.4 Å². The molecule has 3 N–H and O–H groups in total. The number of hydrogen-bond donors (Lipinski definition) is 2. The van der Waals surface area contributed by atoms with Gasteiger partial charge < -0.3 is 15.5 Å². The Morgan fingerprint density at radius 2 is 2.13 bits per heavy atom. The second-order valence-corrected chi connectivity index (χ2v) is 2.95. The molecule has 0 aliphatic heterocycles. The van der Waals surface area contributed by atoms with E-state index in [0.717, 1.165) is 5.39 Å². The number of hydrogen-bond acceptors (Lipinski definition) is 5. The molecule has 0 atom stereocenters. The van der Waals surface area contributed by atoms with E-state index in [-0.39, 0.29) is 11.5 Å². The summed E-state index contributed by atoms with van der Waals surface area (Å²) in [5.41, 5.74) is 3.04. The Balaban J connectivity index is 2.74. The Morgan fingerprint density at radius 3 is 2.80 bits per heavy atom. The maximum atomic E-state index is 10.7. The molecule has 0 spiro atoms. The van der Waals surface area contributed by atoms with Crippen LogP contribution in [0.3, 0.4) is 0 Å². The molecule has 0 saturated carbocycles. The molecule has 2 rings (SSSR count). The third kappa shape index (κ3) is 1.57. The van der Waals surface area contributed by atoms with Crippen LogP contribution in [-0.2, 0) is 0 Å². The minimum Gasteiger partial charge on any atom is -0.358 e. The van der Waals surface area contributed by atoms with Gasteiger partial charge in [0.1, 0.15) is 5.69 Å². The van der Waals surface area contributed by atoms with Gasteiger partial charge in [0.2, 0.25) is 0 Å². The van der Waals surface area contributed by atoms with Crippen molar-refractivity contribution in [2.45, 2.75) is 0 Å². The van der Waals surface area contributed by atoms with Crippen LogP contribution in [0.15, 0.2) is 30.3 Å². The van der Waals surface area contributed by atoms with Gasteiger partial charge in [0, 0.05) is 5.39 Å². The zero-order chi connectivity index (χ0) is 10.8. The molecule has 0 unspecified atom stereocenters. The molecule has 2 aromatic rings. The van der Waals surface area contributed by atoms with E-state index in [1.54, 1.807) is 18.2 Å². The van der Waals surface area contributed by atoms with Crippen LogP contribution in [0.2, 0.25) is 0 Å². The van der Waals surface area contributed by atoms with Gasteiger partial charge >= 0.3 is 5.82 Å². The lowest BCUT2D eigenvalue weighted by Gasteiger charge is -2.02. The summed E-state index contributed by atoms with van der Waals surface area (Å²) in [6.07, 6.45) is 0. The van der Waals surface area contributed by atoms with Gasteiger partial charge in [-0.25, -0.2) is 0 Å². The zero-order valence-electron chi connectivity index (χ0n) is 7.68.